The zero-order valence-corrected chi connectivity index (χ0v) is 14.7. The fourth-order valence-electron chi connectivity index (χ4n) is 2.43. The van der Waals surface area contributed by atoms with Gasteiger partial charge in [0.15, 0.2) is 0 Å². The molecule has 0 aliphatic rings. The molecule has 1 N–H and O–H groups in total. The molecule has 0 bridgehead atoms. The van der Waals surface area contributed by atoms with Crippen LogP contribution in [0.2, 0.25) is 0 Å². The van der Waals surface area contributed by atoms with Gasteiger partial charge in [0.2, 0.25) is 0 Å². The quantitative estimate of drug-likeness (QED) is 0.886. The molecule has 0 aliphatic heterocycles. The molecule has 0 saturated carbocycles. The lowest BCUT2D eigenvalue weighted by Crippen LogP contribution is -2.35. The Hall–Kier alpha value is -2.40. The highest BCUT2D eigenvalue weighted by Crippen LogP contribution is 2.17. The molecule has 24 heavy (non-hydrogen) atoms. The molecule has 2 aromatic rings. The Bertz CT molecular complexity index is 683. The number of anilines is 1. The first kappa shape index (κ1) is 17.9. The highest BCUT2D eigenvalue weighted by molar-refractivity contribution is 5.93. The number of likely N-dealkylation sites (N-methyl/N-ethyl adjacent to an activating group) is 1. The van der Waals surface area contributed by atoms with Crippen LogP contribution in [0.15, 0.2) is 42.6 Å². The minimum absolute atomic E-state index is 0.174. The van der Waals surface area contributed by atoms with Crippen molar-refractivity contribution in [3.8, 4) is 0 Å². The molecule has 1 aromatic heterocycles. The van der Waals surface area contributed by atoms with Crippen LogP contribution < -0.4 is 4.90 Å². The van der Waals surface area contributed by atoms with E-state index >= 15 is 0 Å². The highest BCUT2D eigenvalue weighted by atomic mass is 16.3. The number of aliphatic hydroxyl groups excluding tert-OH is 1. The van der Waals surface area contributed by atoms with Gasteiger partial charge in [0.25, 0.3) is 5.91 Å². The highest BCUT2D eigenvalue weighted by Gasteiger charge is 2.20. The maximum Gasteiger partial charge on any atom is 0.272 e. The number of nitrogens with zero attached hydrogens (tertiary/aromatic N) is 3. The Kier molecular flexibility index (Phi) is 5.93. The first-order chi connectivity index (χ1) is 11.4. The molecule has 5 heteroatoms. The summed E-state index contributed by atoms with van der Waals surface area (Å²) in [6.45, 7) is 4.65. The summed E-state index contributed by atoms with van der Waals surface area (Å²) in [6, 6.07) is 11.3. The zero-order valence-electron chi connectivity index (χ0n) is 14.7. The average Bonchev–Trinajstić information content (AvgIpc) is 2.59. The fourth-order valence-corrected chi connectivity index (χ4v) is 2.43. The van der Waals surface area contributed by atoms with Gasteiger partial charge in [-0.25, -0.2) is 0 Å². The van der Waals surface area contributed by atoms with E-state index in [1.165, 1.54) is 0 Å². The van der Waals surface area contributed by atoms with Crippen LogP contribution in [0.4, 0.5) is 5.69 Å². The lowest BCUT2D eigenvalue weighted by Gasteiger charge is -2.24. The van der Waals surface area contributed by atoms with Crippen molar-refractivity contribution < 1.29 is 9.90 Å². The number of hydrogen-bond acceptors (Lipinski definition) is 4. The predicted molar refractivity (Wildman–Crippen MR) is 96.3 cm³/mol. The molecule has 0 saturated heterocycles. The average molecular weight is 327 g/mol. The third kappa shape index (κ3) is 4.32. The summed E-state index contributed by atoms with van der Waals surface area (Å²) in [5.74, 6) is -0.174. The number of amides is 1. The Morgan fingerprint density at radius 2 is 1.88 bits per heavy atom. The summed E-state index contributed by atoms with van der Waals surface area (Å²) >= 11 is 0. The summed E-state index contributed by atoms with van der Waals surface area (Å²) in [7, 11) is 3.84. The van der Waals surface area contributed by atoms with Crippen molar-refractivity contribution in [1.82, 2.24) is 9.88 Å². The second-order valence-corrected chi connectivity index (χ2v) is 6.06. The fraction of sp³-hybridized carbons (Fsp3) is 0.368. The van der Waals surface area contributed by atoms with E-state index in [1.807, 2.05) is 63.2 Å². The number of aromatic nitrogens is 1. The van der Waals surface area contributed by atoms with Gasteiger partial charge < -0.3 is 14.9 Å². The van der Waals surface area contributed by atoms with Gasteiger partial charge in [0, 0.05) is 32.5 Å². The zero-order chi connectivity index (χ0) is 17.7. The molecule has 1 amide bonds. The Labute approximate surface area is 143 Å². The van der Waals surface area contributed by atoms with Crippen LogP contribution in [-0.4, -0.2) is 48.1 Å². The van der Waals surface area contributed by atoms with E-state index < -0.39 is 6.10 Å². The van der Waals surface area contributed by atoms with Crippen LogP contribution in [0.25, 0.3) is 0 Å². The lowest BCUT2D eigenvalue weighted by molar-refractivity contribution is 0.0629. The van der Waals surface area contributed by atoms with E-state index in [0.717, 1.165) is 16.8 Å². The molecule has 5 nitrogen and oxygen atoms in total. The molecule has 0 aliphatic carbocycles. The van der Waals surface area contributed by atoms with Crippen molar-refractivity contribution in [3.63, 3.8) is 0 Å². The summed E-state index contributed by atoms with van der Waals surface area (Å²) in [5.41, 5.74) is 3.25. The molecular formula is C19H25N3O2. The van der Waals surface area contributed by atoms with Crippen LogP contribution in [0, 0.1) is 6.92 Å². The maximum atomic E-state index is 12.7. The van der Waals surface area contributed by atoms with E-state index in [2.05, 4.69) is 4.98 Å². The van der Waals surface area contributed by atoms with Gasteiger partial charge in [-0.1, -0.05) is 29.8 Å². The van der Waals surface area contributed by atoms with Crippen molar-refractivity contribution in [2.24, 2.45) is 0 Å². The summed E-state index contributed by atoms with van der Waals surface area (Å²) in [6.07, 6.45) is 0.916. The van der Waals surface area contributed by atoms with E-state index in [0.29, 0.717) is 12.2 Å². The van der Waals surface area contributed by atoms with E-state index in [-0.39, 0.29) is 12.5 Å². The second kappa shape index (κ2) is 7.93. The third-order valence-electron chi connectivity index (χ3n) is 4.00. The third-order valence-corrected chi connectivity index (χ3v) is 4.00. The van der Waals surface area contributed by atoms with Crippen molar-refractivity contribution in [3.05, 3.63) is 59.4 Å². The van der Waals surface area contributed by atoms with Crippen molar-refractivity contribution in [2.75, 3.05) is 32.1 Å². The maximum absolute atomic E-state index is 12.7. The Balaban J connectivity index is 2.14. The standard InChI is InChI=1S/C19H25N3O2/c1-5-22(13-18(23)15-8-6-14(2)7-9-15)19(24)17-12-16(21(3)4)10-11-20-17/h6-12,18,23H,5,13H2,1-4H3. The van der Waals surface area contributed by atoms with Crippen LogP contribution in [0.1, 0.15) is 34.6 Å². The predicted octanol–water partition coefficient (Wildman–Crippen LogP) is 2.65. The molecule has 1 unspecified atom stereocenters. The van der Waals surface area contributed by atoms with Gasteiger partial charge >= 0.3 is 0 Å². The van der Waals surface area contributed by atoms with Crippen LogP contribution in [0.5, 0.6) is 0 Å². The molecule has 0 fully saturated rings. The van der Waals surface area contributed by atoms with Crippen molar-refractivity contribution in [2.45, 2.75) is 20.0 Å². The minimum Gasteiger partial charge on any atom is -0.387 e. The largest absolute Gasteiger partial charge is 0.387 e. The number of benzene rings is 1. The normalized spacial score (nSPS) is 11.9. The number of carbonyl (C=O) groups is 1. The molecule has 2 rings (SSSR count). The van der Waals surface area contributed by atoms with Gasteiger partial charge in [-0.15, -0.1) is 0 Å². The van der Waals surface area contributed by atoms with Crippen LogP contribution in [-0.2, 0) is 0 Å². The van der Waals surface area contributed by atoms with Gasteiger partial charge in [-0.3, -0.25) is 9.78 Å². The SMILES string of the molecule is CCN(CC(O)c1ccc(C)cc1)C(=O)c1cc(N(C)C)ccn1. The van der Waals surface area contributed by atoms with E-state index in [1.54, 1.807) is 17.2 Å². The molecule has 1 atom stereocenters. The number of hydrogen-bond donors (Lipinski definition) is 1. The molecule has 0 radical (unpaired) electrons. The van der Waals surface area contributed by atoms with Crippen LogP contribution >= 0.6 is 0 Å². The number of aryl methyl sites for hydroxylation is 1. The van der Waals surface area contributed by atoms with Gasteiger partial charge in [0.05, 0.1) is 12.6 Å². The number of rotatable bonds is 6. The summed E-state index contributed by atoms with van der Waals surface area (Å²) < 4.78 is 0. The summed E-state index contributed by atoms with van der Waals surface area (Å²) in [5, 5.41) is 10.4. The Morgan fingerprint density at radius 1 is 1.21 bits per heavy atom. The lowest BCUT2D eigenvalue weighted by atomic mass is 10.1. The number of pyridine rings is 1. The minimum atomic E-state index is -0.716. The number of carbonyl (C=O) groups excluding carboxylic acids is 1. The first-order valence-electron chi connectivity index (χ1n) is 8.09. The molecule has 128 valence electrons. The van der Waals surface area contributed by atoms with Gasteiger partial charge in [-0.2, -0.15) is 0 Å². The van der Waals surface area contributed by atoms with Crippen molar-refractivity contribution in [1.29, 1.82) is 0 Å². The number of aliphatic hydroxyl groups is 1. The first-order valence-corrected chi connectivity index (χ1v) is 8.09. The molecule has 0 spiro atoms. The topological polar surface area (TPSA) is 56.7 Å². The van der Waals surface area contributed by atoms with Gasteiger partial charge in [0.1, 0.15) is 5.69 Å². The second-order valence-electron chi connectivity index (χ2n) is 6.06. The summed E-state index contributed by atoms with van der Waals surface area (Å²) in [4.78, 5) is 20.4. The monoisotopic (exact) mass is 327 g/mol. The molecule has 1 heterocycles. The van der Waals surface area contributed by atoms with Crippen molar-refractivity contribution >= 4 is 11.6 Å². The van der Waals surface area contributed by atoms with Crippen LogP contribution in [0.3, 0.4) is 0 Å². The van der Waals surface area contributed by atoms with Gasteiger partial charge in [-0.05, 0) is 31.5 Å². The van der Waals surface area contributed by atoms with E-state index in [9.17, 15) is 9.90 Å². The van der Waals surface area contributed by atoms with E-state index in [4.69, 9.17) is 0 Å². The smallest absolute Gasteiger partial charge is 0.272 e. The molecular weight excluding hydrogens is 302 g/mol. The molecule has 1 aromatic carbocycles. The Morgan fingerprint density at radius 3 is 2.46 bits per heavy atom.